The van der Waals surface area contributed by atoms with Crippen molar-refractivity contribution in [3.8, 4) is 0 Å². The molecule has 0 radical (unpaired) electrons. The number of methoxy groups -OCH3 is 1. The molecule has 1 aromatic heterocycles. The topological polar surface area (TPSA) is 60.7 Å². The third-order valence-electron chi connectivity index (χ3n) is 5.35. The second-order valence-corrected chi connectivity index (χ2v) is 8.22. The Morgan fingerprint density at radius 2 is 1.73 bits per heavy atom. The molecule has 2 atom stereocenters. The van der Waals surface area contributed by atoms with Gasteiger partial charge < -0.3 is 9.30 Å². The first-order valence-electron chi connectivity index (χ1n) is 9.86. The summed E-state index contributed by atoms with van der Waals surface area (Å²) in [6.07, 6.45) is 2.24. The summed E-state index contributed by atoms with van der Waals surface area (Å²) < 4.78 is 7.66. The van der Waals surface area contributed by atoms with E-state index in [1.807, 2.05) is 24.3 Å². The van der Waals surface area contributed by atoms with Crippen molar-refractivity contribution in [1.82, 2.24) is 4.57 Å². The van der Waals surface area contributed by atoms with Crippen molar-refractivity contribution in [1.29, 1.82) is 0 Å². The lowest BCUT2D eigenvalue weighted by atomic mass is 9.83. The summed E-state index contributed by atoms with van der Waals surface area (Å²) in [5.41, 5.74) is 4.07. The summed E-state index contributed by atoms with van der Waals surface area (Å²) in [4.78, 5) is 24.0. The highest BCUT2D eigenvalue weighted by atomic mass is 79.9. The van der Waals surface area contributed by atoms with E-state index in [2.05, 4.69) is 52.3 Å². The Morgan fingerprint density at radius 3 is 2.40 bits per heavy atom. The Morgan fingerprint density at radius 1 is 1.03 bits per heavy atom. The number of hydrogen-bond donors (Lipinski definition) is 0. The van der Waals surface area contributed by atoms with Crippen LogP contribution in [0, 0.1) is 11.8 Å². The number of ether oxygens (including phenoxy) is 1. The average molecular weight is 469 g/mol. The predicted octanol–water partition coefficient (Wildman–Crippen LogP) is 5.60. The number of pyridine rings is 1. The van der Waals surface area contributed by atoms with Crippen molar-refractivity contribution in [2.75, 3.05) is 13.7 Å². The van der Waals surface area contributed by atoms with Gasteiger partial charge >= 0.3 is 0 Å². The molecule has 0 aliphatic heterocycles. The summed E-state index contributed by atoms with van der Waals surface area (Å²) in [6, 6.07) is 19.0. The van der Waals surface area contributed by atoms with E-state index in [0.29, 0.717) is 19.6 Å². The molecule has 0 amide bonds. The number of halogens is 1. The Balaban J connectivity index is 1.98. The van der Waals surface area contributed by atoms with Gasteiger partial charge in [-0.2, -0.15) is 4.91 Å². The smallest absolute Gasteiger partial charge is 0.250 e. The summed E-state index contributed by atoms with van der Waals surface area (Å²) in [6.45, 7) is 2.94. The maximum atomic E-state index is 12.1. The highest BCUT2D eigenvalue weighted by Crippen LogP contribution is 2.37. The fourth-order valence-electron chi connectivity index (χ4n) is 3.69. The number of benzene rings is 2. The van der Waals surface area contributed by atoms with Crippen LogP contribution in [-0.4, -0.2) is 18.3 Å². The van der Waals surface area contributed by atoms with Gasteiger partial charge in [0.25, 0.3) is 5.56 Å². The molecule has 1 heterocycles. The van der Waals surface area contributed by atoms with Crippen LogP contribution < -0.4 is 5.56 Å². The van der Waals surface area contributed by atoms with E-state index in [0.717, 1.165) is 15.6 Å². The molecule has 2 aromatic carbocycles. The highest BCUT2D eigenvalue weighted by Gasteiger charge is 2.24. The van der Waals surface area contributed by atoms with Crippen LogP contribution in [0.3, 0.4) is 0 Å². The number of rotatable bonds is 9. The van der Waals surface area contributed by atoms with E-state index < -0.39 is 6.04 Å². The van der Waals surface area contributed by atoms with Gasteiger partial charge in [0.05, 0.1) is 6.61 Å². The van der Waals surface area contributed by atoms with Crippen LogP contribution in [0.4, 0.5) is 0 Å². The number of aromatic nitrogens is 1. The van der Waals surface area contributed by atoms with Crippen LogP contribution in [0.25, 0.3) is 0 Å². The van der Waals surface area contributed by atoms with Gasteiger partial charge in [-0.1, -0.05) is 57.5 Å². The molecule has 0 aliphatic carbocycles. The van der Waals surface area contributed by atoms with Crippen LogP contribution in [0.2, 0.25) is 0 Å². The molecule has 3 aromatic rings. The number of hydrogen-bond acceptors (Lipinski definition) is 4. The van der Waals surface area contributed by atoms with Crippen LogP contribution >= 0.6 is 15.9 Å². The lowest BCUT2D eigenvalue weighted by Crippen LogP contribution is -2.22. The molecule has 0 saturated heterocycles. The molecule has 3 rings (SSSR count). The first-order valence-corrected chi connectivity index (χ1v) is 10.7. The molecular weight excluding hydrogens is 444 g/mol. The van der Waals surface area contributed by atoms with Crippen LogP contribution in [0.5, 0.6) is 0 Å². The normalized spacial score (nSPS) is 13.0. The van der Waals surface area contributed by atoms with Crippen molar-refractivity contribution in [3.05, 3.63) is 109 Å². The lowest BCUT2D eigenvalue weighted by molar-refractivity contribution is 0.186. The summed E-state index contributed by atoms with van der Waals surface area (Å²) in [5, 5.41) is 3.44. The van der Waals surface area contributed by atoms with Crippen LogP contribution in [0.15, 0.2) is 81.3 Å². The SMILES string of the molecule is COCCn1cc(C(CC(c2ccc(Br)cc2)c2ccccc2C)N=O)ccc1=O. The standard InChI is InChI=1S/C24H25BrN2O3/c1-17-5-3-4-6-21(17)22(18-7-10-20(25)11-8-18)15-23(26-29)19-9-12-24(28)27(16-19)13-14-30-2/h3-12,16,22-23H,13-15H2,1-2H3. The average Bonchev–Trinajstić information content (AvgIpc) is 2.76. The zero-order valence-corrected chi connectivity index (χ0v) is 18.7. The molecule has 2 unspecified atom stereocenters. The van der Waals surface area contributed by atoms with E-state index in [-0.39, 0.29) is 11.5 Å². The Bertz CT molecular complexity index is 1050. The molecule has 0 fully saturated rings. The number of aryl methyl sites for hydroxylation is 1. The minimum atomic E-state index is -0.576. The molecule has 0 saturated carbocycles. The fraction of sp³-hybridized carbons (Fsp3) is 0.292. The van der Waals surface area contributed by atoms with E-state index in [1.165, 1.54) is 17.2 Å². The van der Waals surface area contributed by atoms with E-state index in [9.17, 15) is 9.70 Å². The molecule has 156 valence electrons. The van der Waals surface area contributed by atoms with Crippen molar-refractivity contribution >= 4 is 15.9 Å². The van der Waals surface area contributed by atoms with Gasteiger partial charge in [0.2, 0.25) is 0 Å². The van der Waals surface area contributed by atoms with E-state index >= 15 is 0 Å². The third-order valence-corrected chi connectivity index (χ3v) is 5.88. The first kappa shape index (κ1) is 22.1. The summed E-state index contributed by atoms with van der Waals surface area (Å²) in [5.74, 6) is 0.00125. The molecular formula is C24H25BrN2O3. The van der Waals surface area contributed by atoms with Gasteiger partial charge in [-0.15, -0.1) is 0 Å². The zero-order valence-electron chi connectivity index (χ0n) is 17.1. The Labute approximate surface area is 184 Å². The molecule has 0 N–H and O–H groups in total. The first-order chi connectivity index (χ1) is 14.5. The van der Waals surface area contributed by atoms with E-state index in [1.54, 1.807) is 23.9 Å². The molecule has 0 aliphatic rings. The zero-order chi connectivity index (χ0) is 21.5. The van der Waals surface area contributed by atoms with Crippen LogP contribution in [0.1, 0.15) is 40.6 Å². The van der Waals surface area contributed by atoms with Gasteiger partial charge in [0.1, 0.15) is 6.04 Å². The Hall–Kier alpha value is -2.57. The molecule has 6 heteroatoms. The summed E-state index contributed by atoms with van der Waals surface area (Å²) >= 11 is 3.49. The lowest BCUT2D eigenvalue weighted by Gasteiger charge is -2.23. The highest BCUT2D eigenvalue weighted by molar-refractivity contribution is 9.10. The molecule has 0 bridgehead atoms. The number of nitroso groups, excluding NO2 is 1. The minimum absolute atomic E-state index is 0.00125. The third kappa shape index (κ3) is 5.32. The van der Waals surface area contributed by atoms with Gasteiger partial charge in [-0.3, -0.25) is 4.79 Å². The quantitative estimate of drug-likeness (QED) is 0.384. The Kier molecular flexibility index (Phi) is 7.71. The summed E-state index contributed by atoms with van der Waals surface area (Å²) in [7, 11) is 1.59. The van der Waals surface area contributed by atoms with Crippen molar-refractivity contribution < 1.29 is 4.74 Å². The van der Waals surface area contributed by atoms with Gasteiger partial charge in [0, 0.05) is 36.3 Å². The van der Waals surface area contributed by atoms with Crippen molar-refractivity contribution in [2.45, 2.75) is 31.8 Å². The molecule has 0 spiro atoms. The predicted molar refractivity (Wildman–Crippen MR) is 123 cm³/mol. The van der Waals surface area contributed by atoms with Crippen molar-refractivity contribution in [3.63, 3.8) is 0 Å². The fourth-order valence-corrected chi connectivity index (χ4v) is 3.95. The maximum absolute atomic E-state index is 12.1. The maximum Gasteiger partial charge on any atom is 0.250 e. The second kappa shape index (κ2) is 10.5. The monoisotopic (exact) mass is 468 g/mol. The van der Waals surface area contributed by atoms with Gasteiger partial charge in [-0.05, 0) is 53.8 Å². The largest absolute Gasteiger partial charge is 0.383 e. The second-order valence-electron chi connectivity index (χ2n) is 7.30. The van der Waals surface area contributed by atoms with E-state index in [4.69, 9.17) is 4.74 Å². The van der Waals surface area contributed by atoms with Crippen molar-refractivity contribution in [2.24, 2.45) is 5.18 Å². The van der Waals surface area contributed by atoms with Crippen LogP contribution in [-0.2, 0) is 11.3 Å². The molecule has 30 heavy (non-hydrogen) atoms. The minimum Gasteiger partial charge on any atom is -0.383 e. The molecule has 5 nitrogen and oxygen atoms in total. The van der Waals surface area contributed by atoms with Gasteiger partial charge in [-0.25, -0.2) is 0 Å². The number of nitrogens with zero attached hydrogens (tertiary/aromatic N) is 2. The van der Waals surface area contributed by atoms with Gasteiger partial charge in [0.15, 0.2) is 0 Å².